The van der Waals surface area contributed by atoms with Gasteiger partial charge in [-0.3, -0.25) is 19.7 Å². The Balaban J connectivity index is 2.52. The zero-order valence-corrected chi connectivity index (χ0v) is 12.4. The number of carbonyl (C=O) groups excluding carboxylic acids is 2. The van der Waals surface area contributed by atoms with Crippen molar-refractivity contribution in [3.05, 3.63) is 51.2 Å². The van der Waals surface area contributed by atoms with Gasteiger partial charge in [-0.1, -0.05) is 18.2 Å². The fraction of sp³-hybridized carbons (Fsp3) is 0.286. The fourth-order valence-corrected chi connectivity index (χ4v) is 2.78. The van der Waals surface area contributed by atoms with Crippen LogP contribution < -0.4 is 5.32 Å². The number of hydrogen-bond donors (Lipinski definition) is 1. The van der Waals surface area contributed by atoms with Gasteiger partial charge in [-0.05, 0) is 11.6 Å². The van der Waals surface area contributed by atoms with Gasteiger partial charge in [0.15, 0.2) is 0 Å². The van der Waals surface area contributed by atoms with Crippen molar-refractivity contribution in [2.75, 3.05) is 7.11 Å². The molecule has 1 N–H and O–H groups in total. The Hall–Kier alpha value is -2.41. The highest BCUT2D eigenvalue weighted by molar-refractivity contribution is 6.31. The summed E-state index contributed by atoms with van der Waals surface area (Å²) in [6.45, 7) is 3.67. The number of carbonyl (C=O) groups is 2. The molecule has 1 aliphatic heterocycles. The van der Waals surface area contributed by atoms with Gasteiger partial charge in [0.1, 0.15) is 5.92 Å². The third kappa shape index (κ3) is 2.94. The fourth-order valence-electron chi connectivity index (χ4n) is 2.52. The minimum absolute atomic E-state index is 0.0420. The lowest BCUT2D eigenvalue weighted by Crippen LogP contribution is -2.41. The smallest absolute Gasteiger partial charge is 0.315 e. The van der Waals surface area contributed by atoms with E-state index in [9.17, 15) is 19.7 Å². The van der Waals surface area contributed by atoms with Crippen LogP contribution in [-0.2, 0) is 14.3 Å². The van der Waals surface area contributed by atoms with Crippen molar-refractivity contribution >= 4 is 29.2 Å². The number of non-ortho nitro benzene ring substituents is 1. The van der Waals surface area contributed by atoms with Gasteiger partial charge in [0.05, 0.1) is 12.0 Å². The molecule has 1 amide bonds. The van der Waals surface area contributed by atoms with E-state index < -0.39 is 22.7 Å². The van der Waals surface area contributed by atoms with Gasteiger partial charge in [0, 0.05) is 35.2 Å². The largest absolute Gasteiger partial charge is 0.468 e. The summed E-state index contributed by atoms with van der Waals surface area (Å²) in [5.41, 5.74) is 0.373. The lowest BCUT2D eigenvalue weighted by atomic mass is 9.79. The van der Waals surface area contributed by atoms with Crippen molar-refractivity contribution in [2.45, 2.75) is 12.3 Å². The molecule has 0 aromatic heterocycles. The summed E-state index contributed by atoms with van der Waals surface area (Å²) in [5, 5.41) is 13.7. The molecule has 0 aliphatic carbocycles. The molecular formula is C14H13ClN2O5. The van der Waals surface area contributed by atoms with E-state index in [2.05, 4.69) is 11.9 Å². The molecular weight excluding hydrogens is 312 g/mol. The molecule has 8 heteroatoms. The molecule has 1 heterocycles. The number of nitro benzene ring substituents is 1. The molecule has 2 atom stereocenters. The van der Waals surface area contributed by atoms with Gasteiger partial charge < -0.3 is 10.1 Å². The standard InChI is InChI=1S/C14H13ClN2O5/c1-7-13(14(19)22-2)10(6-12(18)16-7)9-5-8(17(20)21)3-4-11(9)15/h3-5,10,13H,1,6H2,2H3,(H,16,18). The van der Waals surface area contributed by atoms with Crippen LogP contribution in [0.3, 0.4) is 0 Å². The van der Waals surface area contributed by atoms with Crippen molar-refractivity contribution in [3.63, 3.8) is 0 Å². The van der Waals surface area contributed by atoms with Gasteiger partial charge in [-0.15, -0.1) is 0 Å². The minimum Gasteiger partial charge on any atom is -0.468 e. The number of nitrogens with one attached hydrogen (secondary N) is 1. The number of piperidine rings is 1. The minimum atomic E-state index is -0.845. The SMILES string of the molecule is C=C1NC(=O)CC(c2cc([N+](=O)[O-])ccc2Cl)C1C(=O)OC. The molecule has 22 heavy (non-hydrogen) atoms. The van der Waals surface area contributed by atoms with Crippen molar-refractivity contribution in [1.82, 2.24) is 5.32 Å². The molecule has 0 saturated carbocycles. The van der Waals surface area contributed by atoms with Crippen molar-refractivity contribution in [1.29, 1.82) is 0 Å². The highest BCUT2D eigenvalue weighted by atomic mass is 35.5. The summed E-state index contributed by atoms with van der Waals surface area (Å²) >= 11 is 6.11. The molecule has 1 aromatic rings. The Labute approximate surface area is 131 Å². The van der Waals surface area contributed by atoms with Gasteiger partial charge in [-0.2, -0.15) is 0 Å². The normalized spacial score (nSPS) is 21.2. The molecule has 7 nitrogen and oxygen atoms in total. The summed E-state index contributed by atoms with van der Waals surface area (Å²) in [6, 6.07) is 3.91. The number of hydrogen-bond acceptors (Lipinski definition) is 5. The number of amides is 1. The van der Waals surface area contributed by atoms with Crippen LogP contribution in [-0.4, -0.2) is 23.9 Å². The van der Waals surface area contributed by atoms with E-state index in [0.29, 0.717) is 5.56 Å². The first-order valence-electron chi connectivity index (χ1n) is 6.35. The van der Waals surface area contributed by atoms with Crippen LogP contribution in [0.5, 0.6) is 0 Å². The molecule has 1 aliphatic rings. The first-order valence-corrected chi connectivity index (χ1v) is 6.73. The number of halogens is 1. The Morgan fingerprint density at radius 3 is 2.82 bits per heavy atom. The van der Waals surface area contributed by atoms with E-state index in [4.69, 9.17) is 16.3 Å². The molecule has 2 rings (SSSR count). The molecule has 0 radical (unpaired) electrons. The van der Waals surface area contributed by atoms with Crippen molar-refractivity contribution in [2.24, 2.45) is 5.92 Å². The third-order valence-electron chi connectivity index (χ3n) is 3.53. The van der Waals surface area contributed by atoms with Crippen molar-refractivity contribution < 1.29 is 19.2 Å². The summed E-state index contributed by atoms with van der Waals surface area (Å²) < 4.78 is 4.74. The highest BCUT2D eigenvalue weighted by Gasteiger charge is 2.40. The van der Waals surface area contributed by atoms with Crippen LogP contribution in [0.15, 0.2) is 30.5 Å². The first-order chi connectivity index (χ1) is 10.3. The average Bonchev–Trinajstić information content (AvgIpc) is 2.46. The number of nitrogens with zero attached hydrogens (tertiary/aromatic N) is 1. The quantitative estimate of drug-likeness (QED) is 0.522. The number of ether oxygens (including phenoxy) is 1. The Bertz CT molecular complexity index is 673. The second-order valence-electron chi connectivity index (χ2n) is 4.85. The van der Waals surface area contributed by atoms with Crippen LogP contribution >= 0.6 is 11.6 Å². The summed E-state index contributed by atoms with van der Waals surface area (Å²) in [5.74, 6) is -2.43. The lowest BCUT2D eigenvalue weighted by Gasteiger charge is -2.32. The van der Waals surface area contributed by atoms with Gasteiger partial charge in [-0.25, -0.2) is 0 Å². The topological polar surface area (TPSA) is 98.5 Å². The van der Waals surface area contributed by atoms with Gasteiger partial charge in [0.2, 0.25) is 5.91 Å². The van der Waals surface area contributed by atoms with Crippen LogP contribution in [0.4, 0.5) is 5.69 Å². The van der Waals surface area contributed by atoms with Crippen LogP contribution in [0.25, 0.3) is 0 Å². The second kappa shape index (κ2) is 6.15. The van der Waals surface area contributed by atoms with E-state index >= 15 is 0 Å². The maximum atomic E-state index is 12.0. The molecule has 116 valence electrons. The van der Waals surface area contributed by atoms with E-state index in [1.807, 2.05) is 0 Å². The van der Waals surface area contributed by atoms with Crippen molar-refractivity contribution in [3.8, 4) is 0 Å². The second-order valence-corrected chi connectivity index (χ2v) is 5.25. The Morgan fingerprint density at radius 2 is 2.23 bits per heavy atom. The molecule has 0 bridgehead atoms. The monoisotopic (exact) mass is 324 g/mol. The molecule has 0 spiro atoms. The number of esters is 1. The summed E-state index contributed by atoms with van der Waals surface area (Å²) in [6.07, 6.45) is -0.0420. The van der Waals surface area contributed by atoms with Crippen LogP contribution in [0.1, 0.15) is 17.9 Å². The maximum absolute atomic E-state index is 12.0. The average molecular weight is 325 g/mol. The highest BCUT2D eigenvalue weighted by Crippen LogP contribution is 2.40. The number of benzene rings is 1. The molecule has 1 aromatic carbocycles. The third-order valence-corrected chi connectivity index (χ3v) is 3.87. The predicted molar refractivity (Wildman–Crippen MR) is 78.3 cm³/mol. The molecule has 1 saturated heterocycles. The zero-order chi connectivity index (χ0) is 16.4. The number of rotatable bonds is 3. The number of methoxy groups -OCH3 is 1. The molecule has 2 unspecified atom stereocenters. The molecule has 1 fully saturated rings. The first kappa shape index (κ1) is 16.0. The van der Waals surface area contributed by atoms with Gasteiger partial charge >= 0.3 is 5.97 Å². The van der Waals surface area contributed by atoms with Gasteiger partial charge in [0.25, 0.3) is 5.69 Å². The van der Waals surface area contributed by atoms with E-state index in [1.54, 1.807) is 0 Å². The lowest BCUT2D eigenvalue weighted by molar-refractivity contribution is -0.384. The summed E-state index contributed by atoms with van der Waals surface area (Å²) in [4.78, 5) is 34.1. The zero-order valence-electron chi connectivity index (χ0n) is 11.7. The van der Waals surface area contributed by atoms with E-state index in [1.165, 1.54) is 25.3 Å². The van der Waals surface area contributed by atoms with E-state index in [-0.39, 0.29) is 28.7 Å². The number of nitro groups is 1. The predicted octanol–water partition coefficient (Wildman–Crippen LogP) is 2.15. The van der Waals surface area contributed by atoms with Crippen LogP contribution in [0, 0.1) is 16.0 Å². The Kier molecular flexibility index (Phi) is 4.46. The van der Waals surface area contributed by atoms with Crippen LogP contribution in [0.2, 0.25) is 5.02 Å². The summed E-state index contributed by atoms with van der Waals surface area (Å²) in [7, 11) is 1.22. The maximum Gasteiger partial charge on any atom is 0.315 e. The Morgan fingerprint density at radius 1 is 1.55 bits per heavy atom. The van der Waals surface area contributed by atoms with E-state index in [0.717, 1.165) is 0 Å².